The number of carbonyl (C=O) groups is 4. The van der Waals surface area contributed by atoms with Gasteiger partial charge in [-0.05, 0) is 24.0 Å². The molecule has 0 aliphatic heterocycles. The minimum atomic E-state index is -4.87. The Morgan fingerprint density at radius 3 is 1.16 bits per heavy atom. The summed E-state index contributed by atoms with van der Waals surface area (Å²) >= 11 is 0. The molecule has 15 heteroatoms. The number of benzene rings is 2. The number of phosphoric ester groups is 1. The van der Waals surface area contributed by atoms with E-state index in [-0.39, 0.29) is 32.3 Å². The molecule has 0 aliphatic carbocycles. The highest BCUT2D eigenvalue weighted by molar-refractivity contribution is 7.47. The third-order valence-corrected chi connectivity index (χ3v) is 12.6. The Labute approximate surface area is 415 Å². The Hall–Kier alpha value is -3.65. The molecule has 3 N–H and O–H groups in total. The van der Waals surface area contributed by atoms with Crippen molar-refractivity contribution in [1.29, 1.82) is 0 Å². The first-order chi connectivity index (χ1) is 33.6. The van der Waals surface area contributed by atoms with E-state index in [2.05, 4.69) is 24.5 Å². The zero-order valence-electron chi connectivity index (χ0n) is 42.4. The maximum Gasteiger partial charge on any atom is 0.472 e. The summed E-state index contributed by atoms with van der Waals surface area (Å²) in [6, 6.07) is 19.4. The first-order valence-electron chi connectivity index (χ1n) is 26.4. The van der Waals surface area contributed by atoms with E-state index in [0.29, 0.717) is 39.0 Å². The SMILES string of the molecule is CCCCCCCCCCCCCC(=O)OC[C@H](COP(=O)(O)OCC(COC(=O)CCNCc1ccccc1)OC(=O)CCNCc1ccccc1)OC(=O)CCCCCCCCCCCCC. The number of carbonyl (C=O) groups excluding carboxylic acids is 4. The van der Waals surface area contributed by atoms with Crippen LogP contribution in [0.15, 0.2) is 60.7 Å². The van der Waals surface area contributed by atoms with Gasteiger partial charge in [-0.3, -0.25) is 28.2 Å². The summed E-state index contributed by atoms with van der Waals surface area (Å²) < 4.78 is 45.7. The summed E-state index contributed by atoms with van der Waals surface area (Å²) in [5.41, 5.74) is 2.10. The third kappa shape index (κ3) is 36.9. The molecule has 2 aromatic carbocycles. The second-order valence-corrected chi connectivity index (χ2v) is 19.5. The lowest BCUT2D eigenvalue weighted by Crippen LogP contribution is -2.32. The molecule has 0 heterocycles. The molecule has 69 heavy (non-hydrogen) atoms. The van der Waals surface area contributed by atoms with E-state index in [1.54, 1.807) is 0 Å². The lowest BCUT2D eigenvalue weighted by Gasteiger charge is -2.22. The molecule has 0 amide bonds. The fraction of sp³-hybridized carbons (Fsp3) is 0.704. The molecule has 0 aliphatic rings. The van der Waals surface area contributed by atoms with Crippen molar-refractivity contribution >= 4 is 31.7 Å². The minimum absolute atomic E-state index is 0.0296. The second kappa shape index (κ2) is 42.1. The number of hydrogen-bond donors (Lipinski definition) is 3. The van der Waals surface area contributed by atoms with Crippen LogP contribution in [0.2, 0.25) is 0 Å². The van der Waals surface area contributed by atoms with Crippen LogP contribution in [0.5, 0.6) is 0 Å². The lowest BCUT2D eigenvalue weighted by molar-refractivity contribution is -0.162. The Bertz CT molecular complexity index is 1640. The van der Waals surface area contributed by atoms with Gasteiger partial charge in [0.2, 0.25) is 0 Å². The molecule has 3 atom stereocenters. The van der Waals surface area contributed by atoms with Crippen LogP contribution < -0.4 is 10.6 Å². The number of rotatable bonds is 46. The molecular formula is C54H89N2O12P. The molecule has 2 unspecified atom stereocenters. The highest BCUT2D eigenvalue weighted by Crippen LogP contribution is 2.43. The topological polar surface area (TPSA) is 185 Å². The van der Waals surface area contributed by atoms with Crippen LogP contribution in [-0.2, 0) is 64.8 Å². The smallest absolute Gasteiger partial charge is 0.462 e. The number of nitrogens with one attached hydrogen (secondary N) is 2. The lowest BCUT2D eigenvalue weighted by atomic mass is 10.1. The summed E-state index contributed by atoms with van der Waals surface area (Å²) in [6.45, 7) is 4.11. The second-order valence-electron chi connectivity index (χ2n) is 18.0. The van der Waals surface area contributed by atoms with Gasteiger partial charge in [-0.15, -0.1) is 0 Å². The van der Waals surface area contributed by atoms with Crippen molar-refractivity contribution in [3.63, 3.8) is 0 Å². The van der Waals surface area contributed by atoms with E-state index >= 15 is 0 Å². The van der Waals surface area contributed by atoms with Gasteiger partial charge in [-0.2, -0.15) is 0 Å². The third-order valence-electron chi connectivity index (χ3n) is 11.6. The number of hydrogen-bond acceptors (Lipinski definition) is 13. The molecular weight excluding hydrogens is 900 g/mol. The van der Waals surface area contributed by atoms with Crippen LogP contribution in [0, 0.1) is 0 Å². The quantitative estimate of drug-likeness (QED) is 0.0246. The summed E-state index contributed by atoms with van der Waals surface area (Å²) in [4.78, 5) is 61.9. The predicted octanol–water partition coefficient (Wildman–Crippen LogP) is 11.8. The molecule has 14 nitrogen and oxygen atoms in total. The van der Waals surface area contributed by atoms with E-state index in [9.17, 15) is 28.6 Å². The maximum atomic E-state index is 13.2. The highest BCUT2D eigenvalue weighted by Gasteiger charge is 2.29. The minimum Gasteiger partial charge on any atom is -0.462 e. The number of ether oxygens (including phenoxy) is 4. The van der Waals surface area contributed by atoms with Crippen molar-refractivity contribution in [2.45, 2.75) is 206 Å². The van der Waals surface area contributed by atoms with E-state index in [0.717, 1.165) is 49.7 Å². The van der Waals surface area contributed by atoms with Crippen LogP contribution in [0.1, 0.15) is 192 Å². The van der Waals surface area contributed by atoms with Gasteiger partial charge < -0.3 is 34.5 Å². The Morgan fingerprint density at radius 1 is 0.449 bits per heavy atom. The summed E-state index contributed by atoms with van der Waals surface area (Å²) in [6.07, 6.45) is 23.0. The van der Waals surface area contributed by atoms with E-state index in [1.165, 1.54) is 89.9 Å². The number of phosphoric acid groups is 1. The van der Waals surface area contributed by atoms with Crippen LogP contribution in [0.4, 0.5) is 0 Å². The van der Waals surface area contributed by atoms with E-state index in [4.69, 9.17) is 28.0 Å². The molecule has 0 aromatic heterocycles. The molecule has 0 spiro atoms. The van der Waals surface area contributed by atoms with E-state index in [1.807, 2.05) is 60.7 Å². The monoisotopic (exact) mass is 989 g/mol. The van der Waals surface area contributed by atoms with Gasteiger partial charge in [0.25, 0.3) is 0 Å². The fourth-order valence-corrected chi connectivity index (χ4v) is 8.32. The molecule has 0 radical (unpaired) electrons. The van der Waals surface area contributed by atoms with Crippen LogP contribution in [-0.4, -0.2) is 80.5 Å². The first-order valence-corrected chi connectivity index (χ1v) is 27.9. The largest absolute Gasteiger partial charge is 0.472 e. The average Bonchev–Trinajstić information content (AvgIpc) is 3.35. The Kier molecular flexibility index (Phi) is 37.5. The van der Waals surface area contributed by atoms with Crippen molar-refractivity contribution in [3.8, 4) is 0 Å². The molecule has 392 valence electrons. The van der Waals surface area contributed by atoms with Crippen molar-refractivity contribution in [2.24, 2.45) is 0 Å². The van der Waals surface area contributed by atoms with Gasteiger partial charge in [0.1, 0.15) is 13.2 Å². The zero-order valence-corrected chi connectivity index (χ0v) is 43.2. The summed E-state index contributed by atoms with van der Waals surface area (Å²) in [5.74, 6) is -2.20. The van der Waals surface area contributed by atoms with Gasteiger partial charge in [-0.1, -0.05) is 203 Å². The molecule has 0 fully saturated rings. The van der Waals surface area contributed by atoms with Crippen LogP contribution >= 0.6 is 7.82 Å². The fourth-order valence-electron chi connectivity index (χ4n) is 7.54. The van der Waals surface area contributed by atoms with Gasteiger partial charge in [0.05, 0.1) is 26.1 Å². The predicted molar refractivity (Wildman–Crippen MR) is 271 cm³/mol. The first kappa shape index (κ1) is 61.5. The molecule has 2 rings (SSSR count). The van der Waals surface area contributed by atoms with Crippen molar-refractivity contribution in [2.75, 3.05) is 39.5 Å². The summed E-state index contributed by atoms with van der Waals surface area (Å²) in [7, 11) is -4.87. The summed E-state index contributed by atoms with van der Waals surface area (Å²) in [5, 5.41) is 6.35. The Balaban J connectivity index is 1.91. The van der Waals surface area contributed by atoms with Gasteiger partial charge in [0, 0.05) is 39.0 Å². The molecule has 2 aromatic rings. The highest BCUT2D eigenvalue weighted by atomic mass is 31.2. The van der Waals surface area contributed by atoms with E-state index < -0.39 is 63.7 Å². The standard InChI is InChI=1S/C54H89N2O12P/c1-3-5-7-9-11-13-15-17-19-21-29-35-51(57)63-43-49(67-53(59)36-30-22-20-18-16-14-12-10-8-6-4-2)45-65-69(61,62)66-46-50(68-54(60)38-40-56-42-48-33-27-24-28-34-48)44-64-52(58)37-39-55-41-47-31-25-23-26-32-47/h23-28,31-34,49-50,55-56H,3-22,29-30,35-46H2,1-2H3,(H,61,62)/t49-,50?/m1/s1. The average molecular weight is 989 g/mol. The van der Waals surface area contributed by atoms with Crippen LogP contribution in [0.3, 0.4) is 0 Å². The molecule has 0 bridgehead atoms. The van der Waals surface area contributed by atoms with Crippen molar-refractivity contribution < 1.29 is 56.6 Å². The Morgan fingerprint density at radius 2 is 0.768 bits per heavy atom. The van der Waals surface area contributed by atoms with Gasteiger partial charge in [-0.25, -0.2) is 4.57 Å². The normalized spacial score (nSPS) is 13.0. The van der Waals surface area contributed by atoms with Gasteiger partial charge in [0.15, 0.2) is 12.2 Å². The van der Waals surface area contributed by atoms with Crippen molar-refractivity contribution in [1.82, 2.24) is 10.6 Å². The number of esters is 4. The number of unbranched alkanes of at least 4 members (excludes halogenated alkanes) is 20. The molecule has 0 saturated heterocycles. The van der Waals surface area contributed by atoms with Gasteiger partial charge >= 0.3 is 31.7 Å². The van der Waals surface area contributed by atoms with Crippen molar-refractivity contribution in [3.05, 3.63) is 71.8 Å². The zero-order chi connectivity index (χ0) is 49.9. The van der Waals surface area contributed by atoms with Crippen LogP contribution in [0.25, 0.3) is 0 Å². The molecule has 0 saturated carbocycles. The maximum absolute atomic E-state index is 13.2.